The molecular weight excluding hydrogens is 484 g/mol. The number of aliphatic hydroxyl groups is 1. The Morgan fingerprint density at radius 2 is 1.22 bits per heavy atom. The Morgan fingerprint density at radius 1 is 0.806 bits per heavy atom. The first kappa shape index (κ1) is 24.5. The van der Waals surface area contributed by atoms with Crippen LogP contribution in [0.3, 0.4) is 0 Å². The largest absolute Gasteiger partial charge is 0.490 e. The van der Waals surface area contributed by atoms with E-state index < -0.39 is 28.9 Å². The SMILES string of the molecule is CO[14C](=O)[14c]1cc(=O)c2c(OCC(O)COc3cccc4o[14c]([14C](=O)OC)cc(=O)c34)cccc2o1. The lowest BCUT2D eigenvalue weighted by molar-refractivity contribution is 0.0557. The highest BCUT2D eigenvalue weighted by molar-refractivity contribution is 5.91. The zero-order valence-electron chi connectivity index (χ0n) is 19.1. The zero-order chi connectivity index (χ0) is 25.8. The summed E-state index contributed by atoms with van der Waals surface area (Å²) in [6.45, 7) is -0.521. The summed E-state index contributed by atoms with van der Waals surface area (Å²) in [5.41, 5.74) is -0.821. The van der Waals surface area contributed by atoms with Crippen molar-refractivity contribution in [1.29, 1.82) is 0 Å². The van der Waals surface area contributed by atoms with Gasteiger partial charge in [0, 0.05) is 12.1 Å². The maximum Gasteiger partial charge on any atom is 0.374 e. The Labute approximate surface area is 202 Å². The number of fused-ring (bicyclic) bond motifs is 2. The molecule has 0 amide bonds. The van der Waals surface area contributed by atoms with E-state index in [9.17, 15) is 24.3 Å². The molecule has 0 aliphatic carbocycles. The van der Waals surface area contributed by atoms with Crippen LogP contribution in [0, 0.1) is 0 Å². The summed E-state index contributed by atoms with van der Waals surface area (Å²) in [6, 6.07) is 11.1. The molecule has 2 aromatic heterocycles. The van der Waals surface area contributed by atoms with Crippen molar-refractivity contribution in [3.05, 3.63) is 80.5 Å². The Morgan fingerprint density at radius 3 is 1.61 bits per heavy atom. The van der Waals surface area contributed by atoms with Gasteiger partial charge in [0.05, 0.1) is 14.2 Å². The second kappa shape index (κ2) is 10.3. The Kier molecular flexibility index (Phi) is 7.02. The molecule has 11 heteroatoms. The standard InChI is InChI=1S/C25H20O11/c1-31-24(29)20-9-14(27)22-16(5-3-7-18(22)35-20)33-11-13(26)12-34-17-6-4-8-19-23(17)15(28)10-21(36-19)25(30)32-2/h3-10,13,26H,11-12H2,1-2H3/i20+2,21+2,24+2,25+2. The van der Waals surface area contributed by atoms with E-state index in [2.05, 4.69) is 9.47 Å². The topological polar surface area (TPSA) is 152 Å². The van der Waals surface area contributed by atoms with Crippen LogP contribution in [0.25, 0.3) is 21.9 Å². The van der Waals surface area contributed by atoms with E-state index in [0.717, 1.165) is 12.1 Å². The van der Waals surface area contributed by atoms with Gasteiger partial charge in [0.15, 0.2) is 10.9 Å². The molecule has 0 unspecified atom stereocenters. The molecule has 0 saturated carbocycles. The monoisotopic (exact) mass is 504 g/mol. The highest BCUT2D eigenvalue weighted by atomic mass is 16.8. The van der Waals surface area contributed by atoms with E-state index >= 15 is 0 Å². The molecule has 2 heterocycles. The molecule has 186 valence electrons. The third kappa shape index (κ3) is 4.91. The summed E-state index contributed by atoms with van der Waals surface area (Å²) in [5, 5.41) is 10.6. The van der Waals surface area contributed by atoms with Gasteiger partial charge in [-0.05, 0) is 24.3 Å². The second-order valence-corrected chi connectivity index (χ2v) is 7.47. The number of hydrogen-bond acceptors (Lipinski definition) is 11. The van der Waals surface area contributed by atoms with Crippen LogP contribution in [-0.4, -0.2) is 50.6 Å². The molecule has 0 atom stereocenters. The summed E-state index contributed by atoms with van der Waals surface area (Å²) in [7, 11) is 2.33. The summed E-state index contributed by atoms with van der Waals surface area (Å²) < 4.78 is 31.2. The maximum absolute atomic E-state index is 12.5. The minimum atomic E-state index is -1.15. The average molecular weight is 504 g/mol. The van der Waals surface area contributed by atoms with Gasteiger partial charge in [-0.3, -0.25) is 9.59 Å². The fraction of sp³-hybridized carbons (Fsp3) is 0.200. The molecule has 11 nitrogen and oxygen atoms in total. The first-order chi connectivity index (χ1) is 17.3. The normalized spacial score (nSPS) is 11.0. The van der Waals surface area contributed by atoms with Crippen molar-refractivity contribution < 1.29 is 42.5 Å². The fourth-order valence-corrected chi connectivity index (χ4v) is 3.42. The molecule has 0 aliphatic rings. The van der Waals surface area contributed by atoms with E-state index in [0.29, 0.717) is 0 Å². The van der Waals surface area contributed by atoms with E-state index in [-0.39, 0.29) is 58.2 Å². The lowest BCUT2D eigenvalue weighted by atomic mass is 10.2. The smallest absolute Gasteiger partial charge is 0.374 e. The van der Waals surface area contributed by atoms with Gasteiger partial charge in [0.2, 0.25) is 11.5 Å². The number of ether oxygens (including phenoxy) is 4. The van der Waals surface area contributed by atoms with Gasteiger partial charge in [-0.25, -0.2) is 9.59 Å². The van der Waals surface area contributed by atoms with Crippen LogP contribution >= 0.6 is 0 Å². The number of carbonyl (C=O) groups is 2. The van der Waals surface area contributed by atoms with Crippen molar-refractivity contribution in [2.75, 3.05) is 27.4 Å². The molecule has 0 radical (unpaired) electrons. The van der Waals surface area contributed by atoms with Gasteiger partial charge in [-0.1, -0.05) is 12.1 Å². The molecule has 0 bridgehead atoms. The quantitative estimate of drug-likeness (QED) is 0.352. The van der Waals surface area contributed by atoms with Crippen LogP contribution in [0.1, 0.15) is 21.1 Å². The van der Waals surface area contributed by atoms with Gasteiger partial charge in [-0.2, -0.15) is 0 Å². The van der Waals surface area contributed by atoms with Crippen molar-refractivity contribution in [2.24, 2.45) is 0 Å². The van der Waals surface area contributed by atoms with Crippen molar-refractivity contribution in [3.8, 4) is 11.5 Å². The summed E-state index contributed by atoms with van der Waals surface area (Å²) in [6.07, 6.45) is -1.15. The Hall–Kier alpha value is -4.64. The van der Waals surface area contributed by atoms with E-state index in [1.165, 1.54) is 38.5 Å². The Bertz CT molecular complexity index is 1450. The van der Waals surface area contributed by atoms with Gasteiger partial charge in [0.25, 0.3) is 0 Å². The van der Waals surface area contributed by atoms with Gasteiger partial charge < -0.3 is 32.9 Å². The Balaban J connectivity index is 1.48. The maximum atomic E-state index is 12.5. The summed E-state index contributed by atoms with van der Waals surface area (Å²) >= 11 is 0. The van der Waals surface area contributed by atoms with E-state index in [1.807, 2.05) is 0 Å². The predicted molar refractivity (Wildman–Crippen MR) is 125 cm³/mol. The second-order valence-electron chi connectivity index (χ2n) is 7.47. The van der Waals surface area contributed by atoms with Crippen LogP contribution in [0.5, 0.6) is 11.5 Å². The first-order valence-corrected chi connectivity index (χ1v) is 10.6. The summed E-state index contributed by atoms with van der Waals surface area (Å²) in [4.78, 5) is 48.4. The fourth-order valence-electron chi connectivity index (χ4n) is 3.42. The minimum Gasteiger partial charge on any atom is -0.490 e. The number of hydrogen-bond donors (Lipinski definition) is 1. The van der Waals surface area contributed by atoms with Crippen molar-refractivity contribution >= 4 is 33.9 Å². The third-order valence-corrected chi connectivity index (χ3v) is 5.07. The number of aliphatic hydroxyl groups excluding tert-OH is 1. The third-order valence-electron chi connectivity index (χ3n) is 5.07. The van der Waals surface area contributed by atoms with Gasteiger partial charge in [0.1, 0.15) is 52.8 Å². The van der Waals surface area contributed by atoms with Gasteiger partial charge >= 0.3 is 11.9 Å². The van der Waals surface area contributed by atoms with E-state index in [1.54, 1.807) is 12.1 Å². The minimum absolute atomic E-state index is 0.0892. The number of methoxy groups -OCH3 is 2. The highest BCUT2D eigenvalue weighted by Crippen LogP contribution is 2.25. The number of esters is 2. The molecule has 4 aromatic rings. The lowest BCUT2D eigenvalue weighted by Crippen LogP contribution is -2.25. The van der Waals surface area contributed by atoms with Crippen molar-refractivity contribution in [2.45, 2.75) is 6.10 Å². The number of benzene rings is 2. The van der Waals surface area contributed by atoms with Crippen LogP contribution in [0.2, 0.25) is 0 Å². The number of rotatable bonds is 8. The van der Waals surface area contributed by atoms with Crippen LogP contribution in [-0.2, 0) is 9.47 Å². The van der Waals surface area contributed by atoms with Crippen molar-refractivity contribution in [1.82, 2.24) is 0 Å². The molecule has 4 rings (SSSR count). The van der Waals surface area contributed by atoms with Crippen molar-refractivity contribution in [3.63, 3.8) is 0 Å². The molecule has 2 aromatic carbocycles. The molecule has 36 heavy (non-hydrogen) atoms. The van der Waals surface area contributed by atoms with Crippen LogP contribution in [0.4, 0.5) is 0 Å². The molecule has 0 saturated heterocycles. The predicted octanol–water partition coefficient (Wildman–Crippen LogP) is 2.29. The molecule has 0 aliphatic heterocycles. The molecule has 1 N–H and O–H groups in total. The van der Waals surface area contributed by atoms with Crippen LogP contribution in [0.15, 0.2) is 67.0 Å². The van der Waals surface area contributed by atoms with E-state index in [4.69, 9.17) is 18.3 Å². The molecule has 0 fully saturated rings. The van der Waals surface area contributed by atoms with Crippen LogP contribution < -0.4 is 20.3 Å². The lowest BCUT2D eigenvalue weighted by Gasteiger charge is -2.15. The zero-order valence-corrected chi connectivity index (χ0v) is 19.1. The highest BCUT2D eigenvalue weighted by Gasteiger charge is 2.18. The first-order valence-electron chi connectivity index (χ1n) is 10.6. The molecular formula is C25H20O11. The molecule has 0 spiro atoms. The summed E-state index contributed by atoms with van der Waals surface area (Å²) in [5.74, 6) is -1.82. The number of carbonyl (C=O) groups excluding carboxylic acids is 2. The average Bonchev–Trinajstić information content (AvgIpc) is 2.89. The van der Waals surface area contributed by atoms with Gasteiger partial charge in [-0.15, -0.1) is 0 Å².